The summed E-state index contributed by atoms with van der Waals surface area (Å²) in [5, 5.41) is 6.31. The minimum atomic E-state index is -0.0278. The van der Waals surface area contributed by atoms with E-state index < -0.39 is 0 Å². The van der Waals surface area contributed by atoms with Gasteiger partial charge in [-0.1, -0.05) is 26.0 Å². The highest BCUT2D eigenvalue weighted by Gasteiger charge is 2.42. The first-order chi connectivity index (χ1) is 8.11. The standard InChI is InChI=1S/C14H24N2O/c1-9(2)7-13(14(17)15-3)16-12-8-10-5-4-6-11(10)12/h4,6,9-13,16H,5,7-8H2,1-3H3,(H,15,17). The Morgan fingerprint density at radius 3 is 2.82 bits per heavy atom. The number of carbonyl (C=O) groups excluding carboxylic acids is 1. The lowest BCUT2D eigenvalue weighted by Gasteiger charge is -2.42. The maximum absolute atomic E-state index is 11.8. The molecule has 2 rings (SSSR count). The summed E-state index contributed by atoms with van der Waals surface area (Å²) in [4.78, 5) is 11.8. The quantitative estimate of drug-likeness (QED) is 0.713. The molecule has 0 spiro atoms. The summed E-state index contributed by atoms with van der Waals surface area (Å²) in [6.07, 6.45) is 7.98. The number of amides is 1. The lowest BCUT2D eigenvalue weighted by Crippen LogP contribution is -2.56. The molecule has 3 nitrogen and oxygen atoms in total. The van der Waals surface area contributed by atoms with Crippen molar-refractivity contribution in [2.75, 3.05) is 7.05 Å². The van der Waals surface area contributed by atoms with Gasteiger partial charge in [-0.3, -0.25) is 4.79 Å². The van der Waals surface area contributed by atoms with E-state index in [1.54, 1.807) is 7.05 Å². The monoisotopic (exact) mass is 236 g/mol. The minimum Gasteiger partial charge on any atom is -0.358 e. The normalized spacial score (nSPS) is 32.1. The van der Waals surface area contributed by atoms with Crippen LogP contribution in [0.15, 0.2) is 12.2 Å². The smallest absolute Gasteiger partial charge is 0.236 e. The largest absolute Gasteiger partial charge is 0.358 e. The first-order valence-electron chi connectivity index (χ1n) is 6.76. The van der Waals surface area contributed by atoms with E-state index in [-0.39, 0.29) is 11.9 Å². The molecular weight excluding hydrogens is 212 g/mol. The van der Waals surface area contributed by atoms with Crippen molar-refractivity contribution in [3.05, 3.63) is 12.2 Å². The Bertz CT molecular complexity index is 311. The molecule has 3 heteroatoms. The van der Waals surface area contributed by atoms with Gasteiger partial charge < -0.3 is 10.6 Å². The lowest BCUT2D eigenvalue weighted by atomic mass is 9.71. The molecule has 0 radical (unpaired) electrons. The van der Waals surface area contributed by atoms with Crippen LogP contribution in [0.5, 0.6) is 0 Å². The third-order valence-electron chi connectivity index (χ3n) is 4.05. The van der Waals surface area contributed by atoms with Crippen molar-refractivity contribution < 1.29 is 4.79 Å². The van der Waals surface area contributed by atoms with Crippen LogP contribution in [-0.4, -0.2) is 25.0 Å². The first-order valence-corrected chi connectivity index (χ1v) is 6.76. The molecule has 1 amide bonds. The van der Waals surface area contributed by atoms with Crippen molar-refractivity contribution in [3.63, 3.8) is 0 Å². The molecule has 0 saturated heterocycles. The molecule has 1 fully saturated rings. The molecule has 2 N–H and O–H groups in total. The van der Waals surface area contributed by atoms with Gasteiger partial charge in [0.1, 0.15) is 0 Å². The summed E-state index contributed by atoms with van der Waals surface area (Å²) >= 11 is 0. The minimum absolute atomic E-state index is 0.0278. The van der Waals surface area contributed by atoms with Gasteiger partial charge in [-0.2, -0.15) is 0 Å². The molecule has 0 bridgehead atoms. The number of likely N-dealkylation sites (N-methyl/N-ethyl adjacent to an activating group) is 1. The predicted octanol–water partition coefficient (Wildman–Crippen LogP) is 1.70. The molecule has 2 aliphatic carbocycles. The van der Waals surface area contributed by atoms with E-state index in [1.807, 2.05) is 0 Å². The first kappa shape index (κ1) is 12.6. The van der Waals surface area contributed by atoms with Crippen LogP contribution < -0.4 is 10.6 Å². The molecule has 96 valence electrons. The third-order valence-corrected chi connectivity index (χ3v) is 4.05. The number of hydrogen-bond acceptors (Lipinski definition) is 2. The fourth-order valence-electron chi connectivity index (χ4n) is 3.06. The van der Waals surface area contributed by atoms with Crippen LogP contribution in [0.1, 0.15) is 33.1 Å². The van der Waals surface area contributed by atoms with Crippen LogP contribution >= 0.6 is 0 Å². The molecule has 4 unspecified atom stereocenters. The second-order valence-corrected chi connectivity index (χ2v) is 5.81. The Hall–Kier alpha value is -0.830. The Balaban J connectivity index is 1.88. The zero-order valence-electron chi connectivity index (χ0n) is 11.1. The van der Waals surface area contributed by atoms with E-state index in [0.29, 0.717) is 17.9 Å². The topological polar surface area (TPSA) is 41.1 Å². The molecular formula is C14H24N2O. The molecule has 1 saturated carbocycles. The highest BCUT2D eigenvalue weighted by atomic mass is 16.2. The molecule has 0 heterocycles. The number of nitrogens with one attached hydrogen (secondary N) is 2. The number of rotatable bonds is 5. The van der Waals surface area contributed by atoms with E-state index >= 15 is 0 Å². The molecule has 0 aromatic carbocycles. The zero-order valence-corrected chi connectivity index (χ0v) is 11.1. The van der Waals surface area contributed by atoms with E-state index in [9.17, 15) is 4.79 Å². The van der Waals surface area contributed by atoms with Gasteiger partial charge in [-0.25, -0.2) is 0 Å². The summed E-state index contributed by atoms with van der Waals surface area (Å²) in [5.74, 6) is 2.19. The van der Waals surface area contributed by atoms with E-state index in [0.717, 1.165) is 12.3 Å². The number of hydrogen-bond donors (Lipinski definition) is 2. The van der Waals surface area contributed by atoms with Gasteiger partial charge in [-0.15, -0.1) is 0 Å². The predicted molar refractivity (Wildman–Crippen MR) is 69.6 cm³/mol. The molecule has 0 aliphatic heterocycles. The van der Waals surface area contributed by atoms with Crippen molar-refractivity contribution in [1.29, 1.82) is 0 Å². The van der Waals surface area contributed by atoms with Gasteiger partial charge in [0.25, 0.3) is 0 Å². The van der Waals surface area contributed by atoms with Crippen molar-refractivity contribution >= 4 is 5.91 Å². The van der Waals surface area contributed by atoms with Gasteiger partial charge in [0.15, 0.2) is 0 Å². The van der Waals surface area contributed by atoms with Crippen LogP contribution in [0.2, 0.25) is 0 Å². The highest BCUT2D eigenvalue weighted by molar-refractivity contribution is 5.81. The van der Waals surface area contributed by atoms with E-state index in [1.165, 1.54) is 12.8 Å². The van der Waals surface area contributed by atoms with E-state index in [2.05, 4.69) is 36.6 Å². The number of fused-ring (bicyclic) bond motifs is 1. The average Bonchev–Trinajstić information content (AvgIpc) is 2.64. The van der Waals surface area contributed by atoms with Gasteiger partial charge in [-0.05, 0) is 37.0 Å². The van der Waals surface area contributed by atoms with Crippen LogP contribution in [0, 0.1) is 17.8 Å². The highest BCUT2D eigenvalue weighted by Crippen LogP contribution is 2.42. The Kier molecular flexibility index (Phi) is 3.87. The number of allylic oxidation sites excluding steroid dienone is 1. The van der Waals surface area contributed by atoms with Crippen LogP contribution in [0.4, 0.5) is 0 Å². The molecule has 0 aromatic rings. The third kappa shape index (κ3) is 2.71. The summed E-state index contributed by atoms with van der Waals surface area (Å²) in [7, 11) is 1.72. The fourth-order valence-corrected chi connectivity index (χ4v) is 3.06. The van der Waals surface area contributed by atoms with Crippen molar-refractivity contribution in [3.8, 4) is 0 Å². The van der Waals surface area contributed by atoms with E-state index in [4.69, 9.17) is 0 Å². The van der Waals surface area contributed by atoms with Gasteiger partial charge in [0.2, 0.25) is 5.91 Å². The Morgan fingerprint density at radius 1 is 1.47 bits per heavy atom. The average molecular weight is 236 g/mol. The molecule has 2 aliphatic rings. The van der Waals surface area contributed by atoms with Gasteiger partial charge in [0, 0.05) is 13.1 Å². The van der Waals surface area contributed by atoms with Crippen LogP contribution in [-0.2, 0) is 4.79 Å². The summed E-state index contributed by atoms with van der Waals surface area (Å²) < 4.78 is 0. The second kappa shape index (κ2) is 5.21. The van der Waals surface area contributed by atoms with Crippen molar-refractivity contribution in [1.82, 2.24) is 10.6 Å². The summed E-state index contributed by atoms with van der Waals surface area (Å²) in [5.41, 5.74) is 0. The zero-order chi connectivity index (χ0) is 12.4. The lowest BCUT2D eigenvalue weighted by molar-refractivity contribution is -0.123. The number of carbonyl (C=O) groups is 1. The maximum Gasteiger partial charge on any atom is 0.236 e. The van der Waals surface area contributed by atoms with Gasteiger partial charge in [0.05, 0.1) is 6.04 Å². The molecule has 4 atom stereocenters. The second-order valence-electron chi connectivity index (χ2n) is 5.81. The summed E-state index contributed by atoms with van der Waals surface area (Å²) in [6.45, 7) is 4.33. The van der Waals surface area contributed by atoms with Crippen LogP contribution in [0.3, 0.4) is 0 Å². The molecule has 0 aromatic heterocycles. The summed E-state index contributed by atoms with van der Waals surface area (Å²) in [6, 6.07) is 0.486. The molecule has 17 heavy (non-hydrogen) atoms. The Morgan fingerprint density at radius 2 is 2.24 bits per heavy atom. The van der Waals surface area contributed by atoms with Crippen molar-refractivity contribution in [2.24, 2.45) is 17.8 Å². The maximum atomic E-state index is 11.8. The Labute approximate surface area is 104 Å². The van der Waals surface area contributed by atoms with Crippen molar-refractivity contribution in [2.45, 2.75) is 45.2 Å². The van der Waals surface area contributed by atoms with Gasteiger partial charge >= 0.3 is 0 Å². The SMILES string of the molecule is CNC(=O)C(CC(C)C)NC1CC2CC=CC21. The fraction of sp³-hybridized carbons (Fsp3) is 0.786. The van der Waals surface area contributed by atoms with Crippen LogP contribution in [0.25, 0.3) is 0 Å².